The van der Waals surface area contributed by atoms with Gasteiger partial charge in [-0.05, 0) is 43.5 Å². The molecular formula is C17H31N3. The zero-order chi connectivity index (χ0) is 14.8. The molecule has 0 aliphatic heterocycles. The predicted molar refractivity (Wildman–Crippen MR) is 88.4 cm³/mol. The van der Waals surface area contributed by atoms with Crippen LogP contribution in [0.3, 0.4) is 0 Å². The molecule has 3 heteroatoms. The van der Waals surface area contributed by atoms with Crippen molar-refractivity contribution in [3.05, 3.63) is 23.4 Å². The summed E-state index contributed by atoms with van der Waals surface area (Å²) in [6, 6.07) is 4.51. The molecule has 1 heterocycles. The van der Waals surface area contributed by atoms with Crippen LogP contribution in [0, 0.1) is 0 Å². The van der Waals surface area contributed by atoms with Crippen molar-refractivity contribution in [2.45, 2.75) is 59.9 Å². The van der Waals surface area contributed by atoms with Crippen LogP contribution in [0.15, 0.2) is 12.1 Å². The van der Waals surface area contributed by atoms with Crippen LogP contribution in [-0.2, 0) is 13.0 Å². The number of hydrogen-bond donors (Lipinski definition) is 1. The molecule has 0 spiro atoms. The Bertz CT molecular complexity index is 370. The third kappa shape index (κ3) is 5.49. The summed E-state index contributed by atoms with van der Waals surface area (Å²) in [6.45, 7) is 13.0. The summed E-state index contributed by atoms with van der Waals surface area (Å²) in [5.41, 5.74) is 2.59. The van der Waals surface area contributed by atoms with Gasteiger partial charge in [-0.25, -0.2) is 4.98 Å². The molecule has 0 saturated heterocycles. The van der Waals surface area contributed by atoms with Crippen LogP contribution in [0.5, 0.6) is 0 Å². The molecule has 0 amide bonds. The molecule has 0 aromatic carbocycles. The highest BCUT2D eigenvalue weighted by Gasteiger charge is 2.09. The van der Waals surface area contributed by atoms with Crippen molar-refractivity contribution in [2.24, 2.45) is 0 Å². The van der Waals surface area contributed by atoms with Crippen LogP contribution in [0.1, 0.15) is 58.2 Å². The monoisotopic (exact) mass is 277 g/mol. The van der Waals surface area contributed by atoms with Crippen molar-refractivity contribution in [1.82, 2.24) is 10.3 Å². The summed E-state index contributed by atoms with van der Waals surface area (Å²) in [5, 5.41) is 3.42. The topological polar surface area (TPSA) is 28.2 Å². The van der Waals surface area contributed by atoms with Crippen molar-refractivity contribution in [3.63, 3.8) is 0 Å². The highest BCUT2D eigenvalue weighted by molar-refractivity contribution is 5.43. The second-order valence-electron chi connectivity index (χ2n) is 5.34. The molecule has 1 aromatic rings. The summed E-state index contributed by atoms with van der Waals surface area (Å²) in [7, 11) is 0. The first-order chi connectivity index (χ1) is 9.74. The van der Waals surface area contributed by atoms with Crippen LogP contribution in [0.4, 0.5) is 5.82 Å². The number of aromatic nitrogens is 1. The van der Waals surface area contributed by atoms with Gasteiger partial charge in [0.15, 0.2) is 0 Å². The fourth-order valence-electron chi connectivity index (χ4n) is 2.43. The third-order valence-electron chi connectivity index (χ3n) is 3.32. The highest BCUT2D eigenvalue weighted by Crippen LogP contribution is 2.17. The molecule has 0 unspecified atom stereocenters. The quantitative estimate of drug-likeness (QED) is 0.705. The first-order valence-corrected chi connectivity index (χ1v) is 8.20. The lowest BCUT2D eigenvalue weighted by atomic mass is 10.1. The minimum atomic E-state index is 0.939. The molecule has 0 aliphatic rings. The van der Waals surface area contributed by atoms with E-state index in [-0.39, 0.29) is 0 Å². The van der Waals surface area contributed by atoms with Gasteiger partial charge in [0, 0.05) is 25.3 Å². The lowest BCUT2D eigenvalue weighted by Crippen LogP contribution is -2.26. The molecule has 0 saturated carbocycles. The van der Waals surface area contributed by atoms with Crippen molar-refractivity contribution in [1.29, 1.82) is 0 Å². The van der Waals surface area contributed by atoms with Crippen LogP contribution >= 0.6 is 0 Å². The molecule has 0 bridgehead atoms. The van der Waals surface area contributed by atoms with Crippen LogP contribution < -0.4 is 10.2 Å². The lowest BCUT2D eigenvalue weighted by Gasteiger charge is -2.24. The molecule has 0 fully saturated rings. The number of aryl methyl sites for hydroxylation is 1. The molecule has 0 atom stereocenters. The van der Waals surface area contributed by atoms with Gasteiger partial charge in [0.05, 0.1) is 0 Å². The Morgan fingerprint density at radius 3 is 2.25 bits per heavy atom. The molecule has 3 nitrogen and oxygen atoms in total. The minimum absolute atomic E-state index is 0.939. The largest absolute Gasteiger partial charge is 0.357 e. The second kappa shape index (κ2) is 9.76. The van der Waals surface area contributed by atoms with Crippen LogP contribution in [0.25, 0.3) is 0 Å². The Morgan fingerprint density at radius 1 is 1.00 bits per heavy atom. The van der Waals surface area contributed by atoms with Gasteiger partial charge in [-0.15, -0.1) is 0 Å². The maximum Gasteiger partial charge on any atom is 0.129 e. The Kier molecular flexibility index (Phi) is 8.28. The van der Waals surface area contributed by atoms with Crippen molar-refractivity contribution in [3.8, 4) is 0 Å². The van der Waals surface area contributed by atoms with E-state index in [1.807, 2.05) is 0 Å². The van der Waals surface area contributed by atoms with Gasteiger partial charge in [0.2, 0.25) is 0 Å². The summed E-state index contributed by atoms with van der Waals surface area (Å²) in [4.78, 5) is 7.29. The molecule has 0 radical (unpaired) electrons. The number of nitrogens with zero attached hydrogens (tertiary/aromatic N) is 2. The second-order valence-corrected chi connectivity index (χ2v) is 5.34. The van der Waals surface area contributed by atoms with Gasteiger partial charge in [-0.2, -0.15) is 0 Å². The van der Waals surface area contributed by atoms with Crippen LogP contribution in [0.2, 0.25) is 0 Å². The Labute approximate surface area is 124 Å². The van der Waals surface area contributed by atoms with Gasteiger partial charge in [0.1, 0.15) is 5.82 Å². The summed E-state index contributed by atoms with van der Waals surface area (Å²) >= 11 is 0. The molecule has 20 heavy (non-hydrogen) atoms. The van der Waals surface area contributed by atoms with E-state index < -0.39 is 0 Å². The van der Waals surface area contributed by atoms with E-state index in [4.69, 9.17) is 4.98 Å². The number of anilines is 1. The number of nitrogens with one attached hydrogen (secondary N) is 1. The molecular weight excluding hydrogens is 246 g/mol. The van der Waals surface area contributed by atoms with Crippen molar-refractivity contribution < 1.29 is 0 Å². The van der Waals surface area contributed by atoms with Gasteiger partial charge in [0.25, 0.3) is 0 Å². The maximum absolute atomic E-state index is 4.87. The normalized spacial score (nSPS) is 10.8. The third-order valence-corrected chi connectivity index (χ3v) is 3.32. The zero-order valence-electron chi connectivity index (χ0n) is 13.7. The van der Waals surface area contributed by atoms with E-state index in [9.17, 15) is 0 Å². The SMILES string of the molecule is CCCc1cc(CNCC)cc(N(CCC)CCC)n1. The van der Waals surface area contributed by atoms with Gasteiger partial charge >= 0.3 is 0 Å². The minimum Gasteiger partial charge on any atom is -0.357 e. The summed E-state index contributed by atoms with van der Waals surface area (Å²) < 4.78 is 0. The lowest BCUT2D eigenvalue weighted by molar-refractivity contribution is 0.710. The van der Waals surface area contributed by atoms with E-state index in [0.29, 0.717) is 0 Å². The smallest absolute Gasteiger partial charge is 0.129 e. The van der Waals surface area contributed by atoms with E-state index >= 15 is 0 Å². The summed E-state index contributed by atoms with van der Waals surface area (Å²) in [5.74, 6) is 1.16. The predicted octanol–water partition coefficient (Wildman–Crippen LogP) is 3.77. The number of pyridine rings is 1. The molecule has 114 valence electrons. The first kappa shape index (κ1) is 17.0. The molecule has 1 rings (SSSR count). The molecule has 1 N–H and O–H groups in total. The molecule has 1 aromatic heterocycles. The number of rotatable bonds is 10. The molecule has 0 aliphatic carbocycles. The highest BCUT2D eigenvalue weighted by atomic mass is 15.2. The number of hydrogen-bond acceptors (Lipinski definition) is 3. The van der Waals surface area contributed by atoms with E-state index in [1.54, 1.807) is 0 Å². The van der Waals surface area contributed by atoms with Gasteiger partial charge in [-0.1, -0.05) is 34.1 Å². The Hall–Kier alpha value is -1.09. The van der Waals surface area contributed by atoms with E-state index in [0.717, 1.165) is 44.8 Å². The van der Waals surface area contributed by atoms with Gasteiger partial charge < -0.3 is 10.2 Å². The Morgan fingerprint density at radius 2 is 1.70 bits per heavy atom. The zero-order valence-corrected chi connectivity index (χ0v) is 13.7. The fraction of sp³-hybridized carbons (Fsp3) is 0.706. The maximum atomic E-state index is 4.87. The summed E-state index contributed by atoms with van der Waals surface area (Å²) in [6.07, 6.45) is 4.56. The fourth-order valence-corrected chi connectivity index (χ4v) is 2.43. The van der Waals surface area contributed by atoms with Gasteiger partial charge in [-0.3, -0.25) is 0 Å². The van der Waals surface area contributed by atoms with E-state index in [2.05, 4.69) is 50.0 Å². The first-order valence-electron chi connectivity index (χ1n) is 8.20. The Balaban J connectivity index is 2.97. The average Bonchev–Trinajstić information content (AvgIpc) is 2.45. The van der Waals surface area contributed by atoms with Crippen molar-refractivity contribution in [2.75, 3.05) is 24.5 Å². The van der Waals surface area contributed by atoms with E-state index in [1.165, 1.54) is 24.1 Å². The van der Waals surface area contributed by atoms with Crippen LogP contribution in [-0.4, -0.2) is 24.6 Å². The van der Waals surface area contributed by atoms with Crippen molar-refractivity contribution >= 4 is 5.82 Å². The average molecular weight is 277 g/mol. The standard InChI is InChI=1S/C17H31N3/c1-5-9-16-12-15(14-18-8-4)13-17(19-16)20(10-6-2)11-7-3/h12-13,18H,5-11,14H2,1-4H3.